The average Bonchev–Trinajstić information content (AvgIpc) is 2.76. The third-order valence-electron chi connectivity index (χ3n) is 3.53. The summed E-state index contributed by atoms with van der Waals surface area (Å²) in [6, 6.07) is 15.5. The van der Waals surface area contributed by atoms with Gasteiger partial charge in [0.05, 0.1) is 13.4 Å². The number of nitrogens with one attached hydrogen (secondary N) is 2. The lowest BCUT2D eigenvalue weighted by Crippen LogP contribution is -2.28. The fourth-order valence-corrected chi connectivity index (χ4v) is 2.34. The highest BCUT2D eigenvalue weighted by molar-refractivity contribution is 7.80. The van der Waals surface area contributed by atoms with Crippen molar-refractivity contribution in [3.8, 4) is 6.01 Å². The van der Waals surface area contributed by atoms with Crippen molar-refractivity contribution >= 4 is 23.1 Å². The summed E-state index contributed by atoms with van der Waals surface area (Å²) in [5.41, 5.74) is 1.77. The fourth-order valence-electron chi connectivity index (χ4n) is 2.17. The predicted molar refractivity (Wildman–Crippen MR) is 109 cm³/mol. The van der Waals surface area contributed by atoms with Gasteiger partial charge in [0.2, 0.25) is 0 Å². The number of ether oxygens (including phenoxy) is 1. The van der Waals surface area contributed by atoms with Gasteiger partial charge in [-0.15, -0.1) is 0 Å². The van der Waals surface area contributed by atoms with Gasteiger partial charge in [-0.05, 0) is 35.5 Å². The van der Waals surface area contributed by atoms with Crippen molar-refractivity contribution in [2.75, 3.05) is 12.5 Å². The van der Waals surface area contributed by atoms with Crippen molar-refractivity contribution in [2.45, 2.75) is 13.2 Å². The first-order valence-corrected chi connectivity index (χ1v) is 8.87. The topological polar surface area (TPSA) is 59.1 Å². The molecule has 29 heavy (non-hydrogen) atoms. The van der Waals surface area contributed by atoms with E-state index < -0.39 is 5.82 Å². The van der Waals surface area contributed by atoms with E-state index in [1.165, 1.54) is 12.1 Å². The van der Waals surface area contributed by atoms with Gasteiger partial charge in [0.25, 0.3) is 0 Å². The summed E-state index contributed by atoms with van der Waals surface area (Å²) >= 11 is 5.17. The van der Waals surface area contributed by atoms with E-state index in [2.05, 4.69) is 20.6 Å². The normalized spacial score (nSPS) is 9.79. The van der Waals surface area contributed by atoms with Crippen LogP contribution in [0.2, 0.25) is 0 Å². The molecule has 2 aromatic carbocycles. The molecule has 0 unspecified atom stereocenters. The molecule has 2 N–H and O–H groups in total. The molecule has 3 rings (SSSR count). The van der Waals surface area contributed by atoms with Crippen LogP contribution < -0.4 is 15.4 Å². The summed E-state index contributed by atoms with van der Waals surface area (Å²) in [5, 5.41) is 5.89. The molecule has 0 fully saturated rings. The smallest absolute Gasteiger partial charge is 0.318 e. The van der Waals surface area contributed by atoms with E-state index in [9.17, 15) is 13.2 Å². The minimum absolute atomic E-state index is 0.0194. The maximum atomic E-state index is 13.9. The number of alkyl halides is 1. The van der Waals surface area contributed by atoms with E-state index in [1.807, 2.05) is 30.3 Å². The zero-order chi connectivity index (χ0) is 21.1. The second-order valence-corrected chi connectivity index (χ2v) is 5.97. The number of anilines is 1. The first-order valence-electron chi connectivity index (χ1n) is 8.46. The van der Waals surface area contributed by atoms with E-state index in [0.29, 0.717) is 13.7 Å². The summed E-state index contributed by atoms with van der Waals surface area (Å²) < 4.78 is 41.8. The number of rotatable bonds is 6. The van der Waals surface area contributed by atoms with Gasteiger partial charge in [0.15, 0.2) is 16.7 Å². The lowest BCUT2D eigenvalue weighted by atomic mass is 10.2. The number of hydrogen-bond acceptors (Lipinski definition) is 4. The molecule has 1 aromatic heterocycles. The molecule has 0 aliphatic heterocycles. The number of nitrogens with zero attached hydrogens (tertiary/aromatic N) is 2. The summed E-state index contributed by atoms with van der Waals surface area (Å²) in [6.45, 7) is 0.620. The SMILES string of the molecule is CF.Fc1ccc(COc2ncc(F)c(NC(=S)NCc3ccccc3)n2)cc1. The van der Waals surface area contributed by atoms with E-state index in [1.54, 1.807) is 12.1 Å². The highest BCUT2D eigenvalue weighted by atomic mass is 32.1. The number of aromatic nitrogens is 2. The molecule has 152 valence electrons. The third kappa shape index (κ3) is 7.38. The van der Waals surface area contributed by atoms with Crippen LogP contribution in [-0.2, 0) is 13.2 Å². The molecule has 9 heteroatoms. The summed E-state index contributed by atoms with van der Waals surface area (Å²) in [7, 11) is 0.500. The molecule has 0 amide bonds. The van der Waals surface area contributed by atoms with Crippen molar-refractivity contribution in [1.29, 1.82) is 0 Å². The summed E-state index contributed by atoms with van der Waals surface area (Å²) in [4.78, 5) is 7.77. The Labute approximate surface area is 172 Å². The van der Waals surface area contributed by atoms with Gasteiger partial charge < -0.3 is 15.4 Å². The maximum absolute atomic E-state index is 13.9. The molecule has 0 aliphatic rings. The Bertz CT molecular complexity index is 911. The van der Waals surface area contributed by atoms with Crippen molar-refractivity contribution in [3.05, 3.63) is 83.6 Å². The Hall–Kier alpha value is -3.20. The monoisotopic (exact) mass is 420 g/mol. The lowest BCUT2D eigenvalue weighted by molar-refractivity contribution is 0.280. The Morgan fingerprint density at radius 3 is 2.38 bits per heavy atom. The van der Waals surface area contributed by atoms with Crippen molar-refractivity contribution in [2.24, 2.45) is 0 Å². The summed E-state index contributed by atoms with van der Waals surface area (Å²) in [6.07, 6.45) is 0.995. The van der Waals surface area contributed by atoms with Crippen LogP contribution in [0.3, 0.4) is 0 Å². The number of benzene rings is 2. The third-order valence-corrected chi connectivity index (χ3v) is 3.78. The molecule has 0 atom stereocenters. The predicted octanol–water partition coefficient (Wildman–Crippen LogP) is 4.41. The van der Waals surface area contributed by atoms with Crippen LogP contribution in [-0.4, -0.2) is 22.3 Å². The van der Waals surface area contributed by atoms with Gasteiger partial charge in [0.1, 0.15) is 12.4 Å². The second-order valence-electron chi connectivity index (χ2n) is 5.56. The Balaban J connectivity index is 0.00000145. The van der Waals surface area contributed by atoms with Crippen molar-refractivity contribution in [3.63, 3.8) is 0 Å². The average molecular weight is 420 g/mol. The van der Waals surface area contributed by atoms with Crippen LogP contribution in [0.4, 0.5) is 19.0 Å². The van der Waals surface area contributed by atoms with E-state index >= 15 is 0 Å². The Morgan fingerprint density at radius 1 is 1.00 bits per heavy atom. The van der Waals surface area contributed by atoms with E-state index in [4.69, 9.17) is 17.0 Å². The minimum atomic E-state index is -0.659. The molecular weight excluding hydrogens is 401 g/mol. The van der Waals surface area contributed by atoms with Gasteiger partial charge in [-0.1, -0.05) is 42.5 Å². The molecule has 3 aromatic rings. The van der Waals surface area contributed by atoms with Crippen molar-refractivity contribution < 1.29 is 17.9 Å². The van der Waals surface area contributed by atoms with Crippen molar-refractivity contribution in [1.82, 2.24) is 15.3 Å². The summed E-state index contributed by atoms with van der Waals surface area (Å²) in [5.74, 6) is -1.09. The van der Waals surface area contributed by atoms with Crippen LogP contribution in [0.15, 0.2) is 60.8 Å². The van der Waals surface area contributed by atoms with Gasteiger partial charge in [0, 0.05) is 6.54 Å². The number of thiocarbonyl (C=S) groups is 1. The van der Waals surface area contributed by atoms with Gasteiger partial charge in [-0.3, -0.25) is 4.39 Å². The molecule has 0 aliphatic carbocycles. The Morgan fingerprint density at radius 2 is 1.69 bits per heavy atom. The van der Waals surface area contributed by atoms with Gasteiger partial charge in [-0.25, -0.2) is 13.8 Å². The number of halogens is 3. The zero-order valence-corrected chi connectivity index (χ0v) is 16.3. The van der Waals surface area contributed by atoms with Crippen LogP contribution in [0.1, 0.15) is 11.1 Å². The van der Waals surface area contributed by atoms with Crippen LogP contribution in [0.5, 0.6) is 6.01 Å². The molecule has 0 spiro atoms. The van der Waals surface area contributed by atoms with E-state index in [0.717, 1.165) is 17.3 Å². The molecule has 5 nitrogen and oxygen atoms in total. The van der Waals surface area contributed by atoms with E-state index in [-0.39, 0.29) is 29.4 Å². The highest BCUT2D eigenvalue weighted by Gasteiger charge is 2.10. The highest BCUT2D eigenvalue weighted by Crippen LogP contribution is 2.15. The molecule has 1 heterocycles. The Kier molecular flexibility index (Phi) is 8.84. The van der Waals surface area contributed by atoms with Crippen LogP contribution in [0, 0.1) is 11.6 Å². The largest absolute Gasteiger partial charge is 0.459 e. The first-order chi connectivity index (χ1) is 14.1. The second kappa shape index (κ2) is 11.6. The zero-order valence-electron chi connectivity index (χ0n) is 15.5. The van der Waals surface area contributed by atoms with Crippen LogP contribution >= 0.6 is 12.2 Å². The maximum Gasteiger partial charge on any atom is 0.318 e. The van der Waals surface area contributed by atoms with Gasteiger partial charge in [-0.2, -0.15) is 4.98 Å². The first kappa shape index (κ1) is 22.1. The fraction of sp³-hybridized carbons (Fsp3) is 0.150. The standard InChI is InChI=1S/C19H16F2N4OS.CH3F/c20-15-8-6-14(7-9-15)12-26-18-22-11-16(21)17(24-18)25-19(27)23-10-13-4-2-1-3-5-13;1-2/h1-9,11H,10,12H2,(H2,22,23,24,25,27);1H3. The lowest BCUT2D eigenvalue weighted by Gasteiger charge is -2.11. The molecule has 0 saturated carbocycles. The van der Waals surface area contributed by atoms with Gasteiger partial charge >= 0.3 is 6.01 Å². The number of hydrogen-bond donors (Lipinski definition) is 2. The minimum Gasteiger partial charge on any atom is -0.459 e. The van der Waals surface area contributed by atoms with Crippen LogP contribution in [0.25, 0.3) is 0 Å². The molecule has 0 bridgehead atoms. The molecule has 0 saturated heterocycles. The quantitative estimate of drug-likeness (QED) is 0.577. The molecular formula is C20H19F3N4OS. The molecule has 0 radical (unpaired) electrons.